The Morgan fingerprint density at radius 2 is 1.78 bits per heavy atom. The molecule has 0 spiro atoms. The zero-order chi connectivity index (χ0) is 12.5. The summed E-state index contributed by atoms with van der Waals surface area (Å²) in [6.07, 6.45) is 0. The van der Waals surface area contributed by atoms with E-state index in [0.29, 0.717) is 5.92 Å². The van der Waals surface area contributed by atoms with Crippen molar-refractivity contribution < 1.29 is 0 Å². The Hall–Kier alpha value is -2.16. The van der Waals surface area contributed by atoms with Crippen molar-refractivity contribution in [3.63, 3.8) is 0 Å². The monoisotopic (exact) mass is 237 g/mol. The Balaban J connectivity index is 2.07. The molecule has 0 unspecified atom stereocenters. The number of aromatic amines is 1. The smallest absolute Gasteiger partial charge is 0.181 e. The lowest BCUT2D eigenvalue weighted by atomic mass is 10.1. The second-order valence-electron chi connectivity index (χ2n) is 4.76. The molecule has 3 nitrogen and oxygen atoms in total. The van der Waals surface area contributed by atoms with Crippen molar-refractivity contribution in [3.05, 3.63) is 48.3 Å². The fraction of sp³-hybridized carbons (Fsp3) is 0.200. The first kappa shape index (κ1) is 11.0. The number of nitrogens with zero attached hydrogens (tertiary/aromatic N) is 2. The van der Waals surface area contributed by atoms with E-state index in [4.69, 9.17) is 0 Å². The topological polar surface area (TPSA) is 41.6 Å². The Bertz CT molecular complexity index is 683. The van der Waals surface area contributed by atoms with Crippen LogP contribution in [0.3, 0.4) is 0 Å². The molecule has 18 heavy (non-hydrogen) atoms. The third-order valence-corrected chi connectivity index (χ3v) is 3.06. The van der Waals surface area contributed by atoms with Crippen LogP contribution < -0.4 is 0 Å². The molecule has 0 aliphatic carbocycles. The average Bonchev–Trinajstić information content (AvgIpc) is 2.88. The van der Waals surface area contributed by atoms with Gasteiger partial charge in [0.1, 0.15) is 5.82 Å². The van der Waals surface area contributed by atoms with Crippen molar-refractivity contribution in [2.75, 3.05) is 0 Å². The molecule has 0 saturated carbocycles. The first-order valence-electron chi connectivity index (χ1n) is 6.15. The summed E-state index contributed by atoms with van der Waals surface area (Å²) in [5, 5.41) is 9.72. The number of benzene rings is 2. The Labute approximate surface area is 106 Å². The highest BCUT2D eigenvalue weighted by Crippen LogP contribution is 2.22. The molecular formula is C15H15N3. The summed E-state index contributed by atoms with van der Waals surface area (Å²) in [6, 6.07) is 14.6. The van der Waals surface area contributed by atoms with Crippen molar-refractivity contribution in [1.29, 1.82) is 0 Å². The van der Waals surface area contributed by atoms with Crippen LogP contribution in [0.4, 0.5) is 0 Å². The van der Waals surface area contributed by atoms with Crippen LogP contribution in [0.2, 0.25) is 0 Å². The van der Waals surface area contributed by atoms with Crippen LogP contribution in [0.1, 0.15) is 25.6 Å². The van der Waals surface area contributed by atoms with Gasteiger partial charge < -0.3 is 0 Å². The Morgan fingerprint density at radius 1 is 1.00 bits per heavy atom. The van der Waals surface area contributed by atoms with Crippen molar-refractivity contribution in [1.82, 2.24) is 15.2 Å². The van der Waals surface area contributed by atoms with E-state index in [1.807, 2.05) is 12.1 Å². The van der Waals surface area contributed by atoms with Crippen LogP contribution in [0.25, 0.3) is 22.2 Å². The molecular weight excluding hydrogens is 222 g/mol. The summed E-state index contributed by atoms with van der Waals surface area (Å²) in [7, 11) is 0. The lowest BCUT2D eigenvalue weighted by Gasteiger charge is -2.00. The normalized spacial score (nSPS) is 11.3. The minimum Gasteiger partial charge on any atom is -0.262 e. The van der Waals surface area contributed by atoms with Gasteiger partial charge in [-0.1, -0.05) is 50.2 Å². The fourth-order valence-corrected chi connectivity index (χ4v) is 1.99. The SMILES string of the molecule is CC(C)c1nc(-c2ccc3ccccc3c2)n[nH]1. The summed E-state index contributed by atoms with van der Waals surface area (Å²) in [6.45, 7) is 4.20. The molecule has 2 aromatic carbocycles. The average molecular weight is 237 g/mol. The molecule has 0 fully saturated rings. The van der Waals surface area contributed by atoms with Gasteiger partial charge in [0, 0.05) is 11.5 Å². The standard InChI is InChI=1S/C15H15N3/c1-10(2)14-16-15(18-17-14)13-8-7-11-5-3-4-6-12(11)9-13/h3-10H,1-2H3,(H,16,17,18). The molecule has 0 amide bonds. The van der Waals surface area contributed by atoms with Crippen LogP contribution in [-0.4, -0.2) is 15.2 Å². The first-order chi connectivity index (χ1) is 8.74. The van der Waals surface area contributed by atoms with Gasteiger partial charge >= 0.3 is 0 Å². The van der Waals surface area contributed by atoms with Crippen molar-refractivity contribution in [2.24, 2.45) is 0 Å². The highest BCUT2D eigenvalue weighted by Gasteiger charge is 2.08. The third-order valence-electron chi connectivity index (χ3n) is 3.06. The van der Waals surface area contributed by atoms with Crippen molar-refractivity contribution in [3.8, 4) is 11.4 Å². The van der Waals surface area contributed by atoms with Gasteiger partial charge in [-0.2, -0.15) is 5.10 Å². The molecule has 1 heterocycles. The molecule has 1 aromatic heterocycles. The highest BCUT2D eigenvalue weighted by molar-refractivity contribution is 5.86. The fourth-order valence-electron chi connectivity index (χ4n) is 1.99. The first-order valence-corrected chi connectivity index (χ1v) is 6.15. The van der Waals surface area contributed by atoms with Gasteiger partial charge in [-0.05, 0) is 16.8 Å². The number of hydrogen-bond donors (Lipinski definition) is 1. The van der Waals surface area contributed by atoms with Gasteiger partial charge in [0.15, 0.2) is 5.82 Å². The maximum absolute atomic E-state index is 4.52. The zero-order valence-electron chi connectivity index (χ0n) is 10.5. The largest absolute Gasteiger partial charge is 0.262 e. The van der Waals surface area contributed by atoms with E-state index in [0.717, 1.165) is 17.2 Å². The van der Waals surface area contributed by atoms with Gasteiger partial charge in [0.25, 0.3) is 0 Å². The van der Waals surface area contributed by atoms with Crippen LogP contribution >= 0.6 is 0 Å². The van der Waals surface area contributed by atoms with Gasteiger partial charge in [0.2, 0.25) is 0 Å². The summed E-state index contributed by atoms with van der Waals surface area (Å²) in [4.78, 5) is 4.52. The zero-order valence-corrected chi connectivity index (χ0v) is 10.5. The molecule has 3 rings (SSSR count). The van der Waals surface area contributed by atoms with E-state index in [1.165, 1.54) is 10.8 Å². The lowest BCUT2D eigenvalue weighted by molar-refractivity contribution is 0.781. The van der Waals surface area contributed by atoms with Crippen LogP contribution in [0, 0.1) is 0 Å². The number of hydrogen-bond acceptors (Lipinski definition) is 2. The summed E-state index contributed by atoms with van der Waals surface area (Å²) >= 11 is 0. The van der Waals surface area contributed by atoms with Crippen LogP contribution in [0.15, 0.2) is 42.5 Å². The van der Waals surface area contributed by atoms with Gasteiger partial charge in [-0.3, -0.25) is 5.10 Å². The number of rotatable bonds is 2. The molecule has 3 heteroatoms. The van der Waals surface area contributed by atoms with Crippen LogP contribution in [0.5, 0.6) is 0 Å². The van der Waals surface area contributed by atoms with Gasteiger partial charge in [0.05, 0.1) is 0 Å². The Kier molecular flexibility index (Phi) is 2.59. The second kappa shape index (κ2) is 4.26. The lowest BCUT2D eigenvalue weighted by Crippen LogP contribution is -1.89. The maximum atomic E-state index is 4.52. The number of H-pyrrole nitrogens is 1. The number of fused-ring (bicyclic) bond motifs is 1. The van der Waals surface area contributed by atoms with E-state index in [9.17, 15) is 0 Å². The van der Waals surface area contributed by atoms with E-state index < -0.39 is 0 Å². The van der Waals surface area contributed by atoms with Crippen LogP contribution in [-0.2, 0) is 0 Å². The molecule has 0 bridgehead atoms. The van der Waals surface area contributed by atoms with Crippen molar-refractivity contribution >= 4 is 10.8 Å². The van der Waals surface area contributed by atoms with E-state index in [-0.39, 0.29) is 0 Å². The molecule has 1 N–H and O–H groups in total. The number of nitrogens with one attached hydrogen (secondary N) is 1. The quantitative estimate of drug-likeness (QED) is 0.737. The van der Waals surface area contributed by atoms with E-state index in [2.05, 4.69) is 59.4 Å². The van der Waals surface area contributed by atoms with E-state index >= 15 is 0 Å². The Morgan fingerprint density at radius 3 is 2.50 bits per heavy atom. The molecule has 0 radical (unpaired) electrons. The number of aromatic nitrogens is 3. The van der Waals surface area contributed by atoms with Crippen molar-refractivity contribution in [2.45, 2.75) is 19.8 Å². The molecule has 3 aromatic rings. The van der Waals surface area contributed by atoms with Gasteiger partial charge in [-0.25, -0.2) is 4.98 Å². The summed E-state index contributed by atoms with van der Waals surface area (Å²) < 4.78 is 0. The second-order valence-corrected chi connectivity index (χ2v) is 4.76. The minimum atomic E-state index is 0.367. The molecule has 90 valence electrons. The minimum absolute atomic E-state index is 0.367. The molecule has 0 aliphatic rings. The summed E-state index contributed by atoms with van der Waals surface area (Å²) in [5.41, 5.74) is 1.05. The highest BCUT2D eigenvalue weighted by atomic mass is 15.2. The van der Waals surface area contributed by atoms with Gasteiger partial charge in [-0.15, -0.1) is 0 Å². The predicted octanol–water partition coefficient (Wildman–Crippen LogP) is 3.75. The maximum Gasteiger partial charge on any atom is 0.181 e. The van der Waals surface area contributed by atoms with E-state index in [1.54, 1.807) is 0 Å². The third kappa shape index (κ3) is 1.88. The summed E-state index contributed by atoms with van der Waals surface area (Å²) in [5.74, 6) is 2.06. The molecule has 0 atom stereocenters. The molecule has 0 saturated heterocycles. The predicted molar refractivity (Wildman–Crippen MR) is 73.4 cm³/mol. The molecule has 0 aliphatic heterocycles.